The van der Waals surface area contributed by atoms with Gasteiger partial charge in [-0.2, -0.15) is 0 Å². The molecule has 0 aliphatic rings. The summed E-state index contributed by atoms with van der Waals surface area (Å²) in [5, 5.41) is 4.78. The highest BCUT2D eigenvalue weighted by Crippen LogP contribution is 1.83. The Morgan fingerprint density at radius 3 is 2.43 bits per heavy atom. The number of rotatable bonds is 5. The zero-order chi connectivity index (χ0) is 11.0. The summed E-state index contributed by atoms with van der Waals surface area (Å²) in [6, 6.07) is 0. The zero-order valence-electron chi connectivity index (χ0n) is 8.50. The van der Waals surface area contributed by atoms with Crippen molar-refractivity contribution < 1.29 is 14.3 Å². The summed E-state index contributed by atoms with van der Waals surface area (Å²) in [5.41, 5.74) is 5.15. The smallest absolute Gasteiger partial charge is 0.309 e. The molecule has 0 aromatic heterocycles. The predicted octanol–water partition coefficient (Wildman–Crippen LogP) is -1.79. The molecule has 0 saturated heterocycles. The summed E-state index contributed by atoms with van der Waals surface area (Å²) in [6.45, 7) is 2.71. The molecule has 14 heavy (non-hydrogen) atoms. The van der Waals surface area contributed by atoms with E-state index in [4.69, 9.17) is 10.5 Å². The van der Waals surface area contributed by atoms with E-state index >= 15 is 0 Å². The average Bonchev–Trinajstić information content (AvgIpc) is 2.21. The Bertz CT molecular complexity index is 196. The average molecular weight is 203 g/mol. The molecule has 0 heterocycles. The van der Waals surface area contributed by atoms with Crippen molar-refractivity contribution in [1.82, 2.24) is 10.6 Å². The largest absolute Gasteiger partial charge is 0.380 e. The number of hydrogen-bond donors (Lipinski definition) is 3. The van der Waals surface area contributed by atoms with Crippen LogP contribution in [0.4, 0.5) is 0 Å². The minimum Gasteiger partial charge on any atom is -0.380 e. The van der Waals surface area contributed by atoms with Gasteiger partial charge in [0.1, 0.15) is 0 Å². The number of hydrogen-bond acceptors (Lipinski definition) is 4. The molecule has 0 aliphatic heterocycles. The quantitative estimate of drug-likeness (QED) is 0.460. The number of nitrogens with one attached hydrogen (secondary N) is 2. The second-order valence-electron chi connectivity index (χ2n) is 2.80. The van der Waals surface area contributed by atoms with Gasteiger partial charge < -0.3 is 21.1 Å². The van der Waals surface area contributed by atoms with Crippen LogP contribution in [-0.4, -0.2) is 44.7 Å². The number of carbonyl (C=O) groups is 2. The fourth-order valence-electron chi connectivity index (χ4n) is 0.666. The second-order valence-corrected chi connectivity index (χ2v) is 2.80. The van der Waals surface area contributed by atoms with Gasteiger partial charge in [0.2, 0.25) is 0 Å². The van der Waals surface area contributed by atoms with Crippen LogP contribution in [0.2, 0.25) is 0 Å². The summed E-state index contributed by atoms with van der Waals surface area (Å²) in [5.74, 6) is -1.33. The maximum absolute atomic E-state index is 11.0. The van der Waals surface area contributed by atoms with Crippen LogP contribution in [0.1, 0.15) is 6.92 Å². The first-order valence-corrected chi connectivity index (χ1v) is 4.40. The Morgan fingerprint density at radius 2 is 1.93 bits per heavy atom. The molecule has 0 fully saturated rings. The van der Waals surface area contributed by atoms with Crippen LogP contribution < -0.4 is 16.4 Å². The van der Waals surface area contributed by atoms with Gasteiger partial charge in [0, 0.05) is 26.7 Å². The molecule has 0 bridgehead atoms. The van der Waals surface area contributed by atoms with E-state index in [1.807, 2.05) is 0 Å². The van der Waals surface area contributed by atoms with Gasteiger partial charge in [-0.3, -0.25) is 9.59 Å². The molecule has 82 valence electrons. The normalized spacial score (nSPS) is 11.9. The van der Waals surface area contributed by atoms with Crippen LogP contribution in [0.15, 0.2) is 0 Å². The molecule has 0 rings (SSSR count). The van der Waals surface area contributed by atoms with Crippen LogP contribution in [0, 0.1) is 0 Å². The fraction of sp³-hybridized carbons (Fsp3) is 0.750. The summed E-state index contributed by atoms with van der Waals surface area (Å²) in [7, 11) is 1.53. The van der Waals surface area contributed by atoms with E-state index in [0.29, 0.717) is 19.6 Å². The molecule has 1 atom stereocenters. The molecule has 0 aromatic carbocycles. The van der Waals surface area contributed by atoms with Gasteiger partial charge in [0.25, 0.3) is 0 Å². The highest BCUT2D eigenvalue weighted by atomic mass is 16.5. The van der Waals surface area contributed by atoms with E-state index in [0.717, 1.165) is 0 Å². The topological polar surface area (TPSA) is 93.4 Å². The molecule has 4 N–H and O–H groups in total. The molecule has 6 heteroatoms. The van der Waals surface area contributed by atoms with Gasteiger partial charge in [-0.25, -0.2) is 0 Å². The van der Waals surface area contributed by atoms with E-state index in [1.165, 1.54) is 7.11 Å². The SMILES string of the molecule is COC(C)CNC(=O)C(=O)NCCN. The van der Waals surface area contributed by atoms with E-state index in [2.05, 4.69) is 10.6 Å². The molecular formula is C8H17N3O3. The zero-order valence-corrected chi connectivity index (χ0v) is 8.50. The highest BCUT2D eigenvalue weighted by molar-refractivity contribution is 6.35. The van der Waals surface area contributed by atoms with E-state index in [-0.39, 0.29) is 6.10 Å². The summed E-state index contributed by atoms with van der Waals surface area (Å²) >= 11 is 0. The van der Waals surface area contributed by atoms with E-state index < -0.39 is 11.8 Å². The Morgan fingerprint density at radius 1 is 1.36 bits per heavy atom. The van der Waals surface area contributed by atoms with Crippen LogP contribution in [-0.2, 0) is 14.3 Å². The van der Waals surface area contributed by atoms with Crippen molar-refractivity contribution >= 4 is 11.8 Å². The van der Waals surface area contributed by atoms with Crippen LogP contribution in [0.25, 0.3) is 0 Å². The van der Waals surface area contributed by atoms with Gasteiger partial charge in [-0.05, 0) is 6.92 Å². The molecule has 2 amide bonds. The number of amides is 2. The summed E-state index contributed by atoms with van der Waals surface area (Å²) in [6.07, 6.45) is -0.110. The molecule has 0 aliphatic carbocycles. The Labute approximate surface area is 83.2 Å². The molecular weight excluding hydrogens is 186 g/mol. The van der Waals surface area contributed by atoms with Crippen molar-refractivity contribution in [3.8, 4) is 0 Å². The molecule has 0 saturated carbocycles. The molecule has 0 aromatic rings. The maximum atomic E-state index is 11.0. The highest BCUT2D eigenvalue weighted by Gasteiger charge is 2.12. The van der Waals surface area contributed by atoms with Crippen molar-refractivity contribution in [3.63, 3.8) is 0 Å². The number of carbonyl (C=O) groups excluding carboxylic acids is 2. The third kappa shape index (κ3) is 5.50. The number of ether oxygens (including phenoxy) is 1. The lowest BCUT2D eigenvalue weighted by Gasteiger charge is -2.10. The lowest BCUT2D eigenvalue weighted by Crippen LogP contribution is -2.43. The summed E-state index contributed by atoms with van der Waals surface area (Å²) < 4.78 is 4.90. The number of methoxy groups -OCH3 is 1. The van der Waals surface area contributed by atoms with Crippen molar-refractivity contribution in [3.05, 3.63) is 0 Å². The lowest BCUT2D eigenvalue weighted by atomic mass is 10.4. The third-order valence-electron chi connectivity index (χ3n) is 1.59. The van der Waals surface area contributed by atoms with Crippen LogP contribution >= 0.6 is 0 Å². The Balaban J connectivity index is 3.67. The molecule has 1 unspecified atom stereocenters. The van der Waals surface area contributed by atoms with Crippen LogP contribution in [0.3, 0.4) is 0 Å². The van der Waals surface area contributed by atoms with Gasteiger partial charge in [0.15, 0.2) is 0 Å². The van der Waals surface area contributed by atoms with Gasteiger partial charge >= 0.3 is 11.8 Å². The van der Waals surface area contributed by atoms with Crippen LogP contribution in [0.5, 0.6) is 0 Å². The monoisotopic (exact) mass is 203 g/mol. The first-order chi connectivity index (χ1) is 6.61. The van der Waals surface area contributed by atoms with Crippen molar-refractivity contribution in [2.24, 2.45) is 5.73 Å². The second kappa shape index (κ2) is 7.28. The molecule has 0 radical (unpaired) electrons. The third-order valence-corrected chi connectivity index (χ3v) is 1.59. The predicted molar refractivity (Wildman–Crippen MR) is 51.5 cm³/mol. The van der Waals surface area contributed by atoms with Gasteiger partial charge in [-0.1, -0.05) is 0 Å². The molecule has 6 nitrogen and oxygen atoms in total. The van der Waals surface area contributed by atoms with E-state index in [9.17, 15) is 9.59 Å². The fourth-order valence-corrected chi connectivity index (χ4v) is 0.666. The van der Waals surface area contributed by atoms with Crippen molar-refractivity contribution in [2.45, 2.75) is 13.0 Å². The first kappa shape index (κ1) is 12.9. The Kier molecular flexibility index (Phi) is 6.69. The standard InChI is InChI=1S/C8H17N3O3/c1-6(14-2)5-11-8(13)7(12)10-4-3-9/h6H,3-5,9H2,1-2H3,(H,10,12)(H,11,13). The lowest BCUT2D eigenvalue weighted by molar-refractivity contribution is -0.139. The first-order valence-electron chi connectivity index (χ1n) is 4.40. The Hall–Kier alpha value is -1.14. The number of nitrogens with two attached hydrogens (primary N) is 1. The minimum absolute atomic E-state index is 0.110. The minimum atomic E-state index is -0.668. The van der Waals surface area contributed by atoms with E-state index in [1.54, 1.807) is 6.92 Å². The van der Waals surface area contributed by atoms with Crippen molar-refractivity contribution in [1.29, 1.82) is 0 Å². The van der Waals surface area contributed by atoms with Gasteiger partial charge in [-0.15, -0.1) is 0 Å². The molecule has 0 spiro atoms. The summed E-state index contributed by atoms with van der Waals surface area (Å²) in [4.78, 5) is 22.0. The van der Waals surface area contributed by atoms with Gasteiger partial charge in [0.05, 0.1) is 6.10 Å². The van der Waals surface area contributed by atoms with Crippen molar-refractivity contribution in [2.75, 3.05) is 26.7 Å². The maximum Gasteiger partial charge on any atom is 0.309 e.